The molecule has 3 aromatic rings. The predicted molar refractivity (Wildman–Crippen MR) is 140 cm³/mol. The third kappa shape index (κ3) is 5.51. The quantitative estimate of drug-likeness (QED) is 0.322. The number of aromatic nitrogens is 1. The van der Waals surface area contributed by atoms with Crippen molar-refractivity contribution in [1.82, 2.24) is 15.6 Å². The highest BCUT2D eigenvalue weighted by Gasteiger charge is 2.46. The van der Waals surface area contributed by atoms with Gasteiger partial charge in [0.1, 0.15) is 11.6 Å². The van der Waals surface area contributed by atoms with Gasteiger partial charge in [-0.2, -0.15) is 13.2 Å². The average Bonchev–Trinajstić information content (AvgIpc) is 3.28. The number of benzene rings is 2. The van der Waals surface area contributed by atoms with Crippen LogP contribution in [-0.4, -0.2) is 39.5 Å². The van der Waals surface area contributed by atoms with Crippen molar-refractivity contribution in [1.29, 1.82) is 0 Å². The molecular formula is C29H32F3N3O4. The zero-order valence-electron chi connectivity index (χ0n) is 22.0. The predicted octanol–water partition coefficient (Wildman–Crippen LogP) is 4.95. The van der Waals surface area contributed by atoms with Crippen molar-refractivity contribution in [3.8, 4) is 0 Å². The van der Waals surface area contributed by atoms with Gasteiger partial charge in [-0.15, -0.1) is 0 Å². The Labute approximate surface area is 224 Å². The number of para-hydroxylation sites is 1. The molecule has 0 radical (unpaired) electrons. The Kier molecular flexibility index (Phi) is 7.77. The first-order valence-electron chi connectivity index (χ1n) is 13.0. The normalized spacial score (nSPS) is 19.5. The second-order valence-corrected chi connectivity index (χ2v) is 10.4. The summed E-state index contributed by atoms with van der Waals surface area (Å²) >= 11 is 0. The number of fused-ring (bicyclic) bond motifs is 3. The van der Waals surface area contributed by atoms with Crippen LogP contribution in [0.1, 0.15) is 61.9 Å². The van der Waals surface area contributed by atoms with Crippen LogP contribution in [0.25, 0.3) is 10.9 Å². The lowest BCUT2D eigenvalue weighted by Crippen LogP contribution is -2.62. The number of hydrogen-bond acceptors (Lipinski definition) is 3. The number of aryl methyl sites for hydroxylation is 1. The van der Waals surface area contributed by atoms with Gasteiger partial charge in [-0.3, -0.25) is 9.59 Å². The molecule has 0 fully saturated rings. The number of carbonyl (C=O) groups is 3. The summed E-state index contributed by atoms with van der Waals surface area (Å²) in [5.74, 6) is -3.13. The molecular weight excluding hydrogens is 511 g/mol. The van der Waals surface area contributed by atoms with E-state index < -0.39 is 41.1 Å². The monoisotopic (exact) mass is 543 g/mol. The molecule has 0 saturated carbocycles. The maximum Gasteiger partial charge on any atom is 0.418 e. The zero-order valence-corrected chi connectivity index (χ0v) is 22.0. The van der Waals surface area contributed by atoms with E-state index in [9.17, 15) is 32.7 Å². The van der Waals surface area contributed by atoms with Gasteiger partial charge in [0, 0.05) is 17.5 Å². The maximum absolute atomic E-state index is 13.6. The summed E-state index contributed by atoms with van der Waals surface area (Å²) in [7, 11) is 0. The average molecular weight is 544 g/mol. The highest BCUT2D eigenvalue weighted by molar-refractivity contribution is 5.95. The van der Waals surface area contributed by atoms with Gasteiger partial charge in [0.2, 0.25) is 11.8 Å². The van der Waals surface area contributed by atoms with Crippen LogP contribution in [0.15, 0.2) is 48.5 Å². The van der Waals surface area contributed by atoms with E-state index in [1.165, 1.54) is 12.1 Å². The molecule has 4 rings (SSSR count). The standard InChI is InChI=1S/C29H32F3N3O4/c1-4-16(2)23(34-25(36)17(3)18-9-6-5-7-10-18)26(37)35-28(27(38)39)14-13-22-20(15-28)19-11-8-12-21(24(19)33-22)29(30,31)32/h5-12,16-17,23,33H,4,13-15H2,1-3H3,(H,34,36)(H,35,37)(H,38,39)/t16?,17-,23?,28+/m0/s1. The van der Waals surface area contributed by atoms with Crippen molar-refractivity contribution in [2.75, 3.05) is 0 Å². The number of carboxylic acids is 1. The van der Waals surface area contributed by atoms with Crippen molar-refractivity contribution < 1.29 is 32.7 Å². The molecule has 10 heteroatoms. The van der Waals surface area contributed by atoms with Crippen LogP contribution in [0.2, 0.25) is 0 Å². The summed E-state index contributed by atoms with van der Waals surface area (Å²) in [5, 5.41) is 16.0. The second kappa shape index (κ2) is 10.7. The SMILES string of the molecule is CCC(C)C(NC(=O)[C@@H](C)c1ccccc1)C(=O)N[C@]1(C(=O)O)CCc2[nH]c3c(C(F)(F)F)cccc3c2C1. The number of amides is 2. The number of aliphatic carboxylic acids is 1. The lowest BCUT2D eigenvalue weighted by Gasteiger charge is -2.36. The first-order chi connectivity index (χ1) is 18.4. The van der Waals surface area contributed by atoms with Crippen molar-refractivity contribution >= 4 is 28.7 Å². The van der Waals surface area contributed by atoms with E-state index in [1.54, 1.807) is 13.8 Å². The van der Waals surface area contributed by atoms with Crippen molar-refractivity contribution in [2.45, 2.75) is 70.1 Å². The number of carboxylic acid groups (broad SMARTS) is 1. The largest absolute Gasteiger partial charge is 0.479 e. The van der Waals surface area contributed by atoms with Gasteiger partial charge in [0.05, 0.1) is 17.0 Å². The third-order valence-electron chi connectivity index (χ3n) is 7.87. The Hall–Kier alpha value is -3.82. The molecule has 1 aromatic heterocycles. The molecule has 1 aliphatic rings. The molecule has 4 atom stereocenters. The van der Waals surface area contributed by atoms with Crippen LogP contribution in [0.4, 0.5) is 13.2 Å². The lowest BCUT2D eigenvalue weighted by molar-refractivity contribution is -0.149. The van der Waals surface area contributed by atoms with Gasteiger partial charge < -0.3 is 20.7 Å². The van der Waals surface area contributed by atoms with Crippen molar-refractivity contribution in [2.24, 2.45) is 5.92 Å². The minimum Gasteiger partial charge on any atom is -0.479 e. The number of carbonyl (C=O) groups excluding carboxylic acids is 2. The van der Waals surface area contributed by atoms with Crippen LogP contribution >= 0.6 is 0 Å². The number of rotatable bonds is 8. The van der Waals surface area contributed by atoms with Crippen LogP contribution in [0, 0.1) is 5.92 Å². The number of halogens is 3. The number of aromatic amines is 1. The van der Waals surface area contributed by atoms with Crippen LogP contribution < -0.4 is 10.6 Å². The zero-order chi connectivity index (χ0) is 28.5. The lowest BCUT2D eigenvalue weighted by atomic mass is 9.79. The van der Waals surface area contributed by atoms with E-state index in [-0.39, 0.29) is 42.0 Å². The molecule has 0 saturated heterocycles. The van der Waals surface area contributed by atoms with E-state index in [4.69, 9.17) is 0 Å². The van der Waals surface area contributed by atoms with E-state index in [0.29, 0.717) is 17.7 Å². The van der Waals surface area contributed by atoms with E-state index >= 15 is 0 Å². The van der Waals surface area contributed by atoms with Crippen LogP contribution in [0.3, 0.4) is 0 Å². The summed E-state index contributed by atoms with van der Waals surface area (Å²) in [6.45, 7) is 5.38. The molecule has 0 bridgehead atoms. The fraction of sp³-hybridized carbons (Fsp3) is 0.414. The van der Waals surface area contributed by atoms with Gasteiger partial charge in [-0.1, -0.05) is 62.7 Å². The molecule has 2 aromatic carbocycles. The first kappa shape index (κ1) is 28.2. The molecule has 4 N–H and O–H groups in total. The van der Waals surface area contributed by atoms with Crippen LogP contribution in [-0.2, 0) is 33.4 Å². The summed E-state index contributed by atoms with van der Waals surface area (Å²) in [6, 6.07) is 11.9. The molecule has 2 unspecified atom stereocenters. The molecule has 7 nitrogen and oxygen atoms in total. The van der Waals surface area contributed by atoms with Gasteiger partial charge >= 0.3 is 12.1 Å². The number of hydrogen-bond donors (Lipinski definition) is 4. The highest BCUT2D eigenvalue weighted by atomic mass is 19.4. The first-order valence-corrected chi connectivity index (χ1v) is 13.0. The summed E-state index contributed by atoms with van der Waals surface area (Å²) in [4.78, 5) is 42.1. The maximum atomic E-state index is 13.6. The topological polar surface area (TPSA) is 111 Å². The van der Waals surface area contributed by atoms with E-state index in [2.05, 4.69) is 15.6 Å². The molecule has 0 spiro atoms. The molecule has 1 aliphatic carbocycles. The molecule has 39 heavy (non-hydrogen) atoms. The van der Waals surface area contributed by atoms with Gasteiger partial charge in [0.25, 0.3) is 0 Å². The van der Waals surface area contributed by atoms with Crippen molar-refractivity contribution in [3.05, 3.63) is 70.9 Å². The molecule has 1 heterocycles. The Morgan fingerprint density at radius 2 is 1.74 bits per heavy atom. The summed E-state index contributed by atoms with van der Waals surface area (Å²) < 4.78 is 40.8. The Morgan fingerprint density at radius 3 is 2.36 bits per heavy atom. The smallest absolute Gasteiger partial charge is 0.418 e. The van der Waals surface area contributed by atoms with Gasteiger partial charge in [-0.25, -0.2) is 4.79 Å². The van der Waals surface area contributed by atoms with E-state index in [1.807, 2.05) is 37.3 Å². The third-order valence-corrected chi connectivity index (χ3v) is 7.87. The van der Waals surface area contributed by atoms with Gasteiger partial charge in [0.15, 0.2) is 0 Å². The van der Waals surface area contributed by atoms with Crippen LogP contribution in [0.5, 0.6) is 0 Å². The fourth-order valence-corrected chi connectivity index (χ4v) is 5.24. The number of H-pyrrole nitrogens is 1. The number of nitrogens with one attached hydrogen (secondary N) is 3. The van der Waals surface area contributed by atoms with Crippen molar-refractivity contribution in [3.63, 3.8) is 0 Å². The Morgan fingerprint density at radius 1 is 1.05 bits per heavy atom. The fourth-order valence-electron chi connectivity index (χ4n) is 5.24. The molecule has 208 valence electrons. The summed E-state index contributed by atoms with van der Waals surface area (Å²) in [5.41, 5.74) is -0.927. The Bertz CT molecular complexity index is 1390. The molecule has 2 amide bonds. The number of alkyl halides is 3. The van der Waals surface area contributed by atoms with E-state index in [0.717, 1.165) is 11.6 Å². The Balaban J connectivity index is 1.62. The second-order valence-electron chi connectivity index (χ2n) is 10.4. The minimum atomic E-state index is -4.58. The summed E-state index contributed by atoms with van der Waals surface area (Å²) in [6.07, 6.45) is -4.10. The molecule has 0 aliphatic heterocycles. The van der Waals surface area contributed by atoms with Gasteiger partial charge in [-0.05, 0) is 42.9 Å². The minimum absolute atomic E-state index is 0.0170. The highest BCUT2D eigenvalue weighted by Crippen LogP contribution is 2.40.